The lowest BCUT2D eigenvalue weighted by Crippen LogP contribution is -2.37. The normalized spacial score (nSPS) is 12.7. The smallest absolute Gasteiger partial charge is 0.387 e. The topological polar surface area (TPSA) is 62.1 Å². The van der Waals surface area contributed by atoms with Gasteiger partial charge in [0.25, 0.3) is 0 Å². The van der Waals surface area contributed by atoms with Crippen molar-refractivity contribution in [2.24, 2.45) is 5.41 Å². The molecule has 4 nitrogen and oxygen atoms in total. The Labute approximate surface area is 116 Å². The third-order valence-electron chi connectivity index (χ3n) is 2.78. The first-order valence-corrected chi connectivity index (χ1v) is 6.03. The van der Waals surface area contributed by atoms with E-state index in [1.165, 1.54) is 26.0 Å². The van der Waals surface area contributed by atoms with Crippen LogP contribution in [0.1, 0.15) is 32.4 Å². The van der Waals surface area contributed by atoms with E-state index in [1.54, 1.807) is 19.1 Å². The molecule has 0 aliphatic heterocycles. The van der Waals surface area contributed by atoms with E-state index in [1.807, 2.05) is 6.07 Å². The predicted octanol–water partition coefficient (Wildman–Crippen LogP) is 3.01. The number of alkyl halides is 2. The average Bonchev–Trinajstić information content (AvgIpc) is 2.38. The first-order chi connectivity index (χ1) is 9.26. The van der Waals surface area contributed by atoms with Gasteiger partial charge in [-0.25, -0.2) is 0 Å². The van der Waals surface area contributed by atoms with Gasteiger partial charge in [-0.15, -0.1) is 0 Å². The number of nitrogens with one attached hydrogen (secondary N) is 1. The Balaban J connectivity index is 2.80. The van der Waals surface area contributed by atoms with E-state index >= 15 is 0 Å². The second-order valence-electron chi connectivity index (χ2n) is 4.88. The molecular weight excluding hydrogens is 266 g/mol. The maximum atomic E-state index is 12.1. The summed E-state index contributed by atoms with van der Waals surface area (Å²) in [6, 6.07) is 7.56. The van der Waals surface area contributed by atoms with Crippen LogP contribution in [0.5, 0.6) is 5.75 Å². The highest BCUT2D eigenvalue weighted by molar-refractivity contribution is 5.84. The number of ether oxygens (including phenoxy) is 1. The van der Waals surface area contributed by atoms with Crippen molar-refractivity contribution in [3.63, 3.8) is 0 Å². The van der Waals surface area contributed by atoms with Crippen molar-refractivity contribution in [2.45, 2.75) is 33.4 Å². The fourth-order valence-electron chi connectivity index (χ4n) is 1.47. The largest absolute Gasteiger partial charge is 0.435 e. The molecule has 0 aromatic heterocycles. The molecule has 0 heterocycles. The average molecular weight is 282 g/mol. The van der Waals surface area contributed by atoms with Gasteiger partial charge in [0.05, 0.1) is 12.1 Å². The first kappa shape index (κ1) is 15.9. The van der Waals surface area contributed by atoms with Crippen molar-refractivity contribution >= 4 is 5.91 Å². The number of hydrogen-bond acceptors (Lipinski definition) is 3. The molecular formula is C14H16F2N2O2. The molecule has 0 aliphatic carbocycles. The van der Waals surface area contributed by atoms with Crippen LogP contribution in [-0.2, 0) is 4.79 Å². The molecule has 1 rings (SSSR count). The molecule has 1 amide bonds. The second-order valence-corrected chi connectivity index (χ2v) is 4.88. The number of halogens is 2. The molecule has 0 saturated heterocycles. The Morgan fingerprint density at radius 1 is 1.45 bits per heavy atom. The molecule has 108 valence electrons. The molecule has 1 atom stereocenters. The van der Waals surface area contributed by atoms with Crippen LogP contribution in [0.15, 0.2) is 24.3 Å². The van der Waals surface area contributed by atoms with Gasteiger partial charge in [-0.05, 0) is 38.5 Å². The van der Waals surface area contributed by atoms with Gasteiger partial charge in [0.1, 0.15) is 11.2 Å². The van der Waals surface area contributed by atoms with Gasteiger partial charge >= 0.3 is 6.61 Å². The molecule has 0 spiro atoms. The molecule has 0 radical (unpaired) electrons. The molecule has 1 N–H and O–H groups in total. The number of nitriles is 1. The Morgan fingerprint density at radius 2 is 2.10 bits per heavy atom. The number of rotatable bonds is 5. The standard InChI is InChI=1S/C14H16F2N2O2/c1-9(18-12(19)14(2,3)8-17)10-5-4-6-11(7-10)20-13(15)16/h4-7,9,13H,1-3H3,(H,18,19). The monoisotopic (exact) mass is 282 g/mol. The summed E-state index contributed by atoms with van der Waals surface area (Å²) in [5, 5.41) is 11.5. The number of nitrogens with zero attached hydrogens (tertiary/aromatic N) is 1. The summed E-state index contributed by atoms with van der Waals surface area (Å²) in [4.78, 5) is 11.9. The quantitative estimate of drug-likeness (QED) is 0.903. The lowest BCUT2D eigenvalue weighted by molar-refractivity contribution is -0.127. The number of benzene rings is 1. The number of carbonyl (C=O) groups is 1. The fraction of sp³-hybridized carbons (Fsp3) is 0.429. The van der Waals surface area contributed by atoms with Crippen LogP contribution in [0.4, 0.5) is 8.78 Å². The van der Waals surface area contributed by atoms with E-state index in [2.05, 4.69) is 10.1 Å². The van der Waals surface area contributed by atoms with Crippen molar-refractivity contribution < 1.29 is 18.3 Å². The summed E-state index contributed by atoms with van der Waals surface area (Å²) in [6.45, 7) is 1.82. The molecule has 0 bridgehead atoms. The zero-order valence-corrected chi connectivity index (χ0v) is 11.5. The molecule has 20 heavy (non-hydrogen) atoms. The molecule has 0 fully saturated rings. The van der Waals surface area contributed by atoms with Gasteiger partial charge in [0.15, 0.2) is 0 Å². The summed E-state index contributed by atoms with van der Waals surface area (Å²) >= 11 is 0. The SMILES string of the molecule is CC(NC(=O)C(C)(C)C#N)c1cccc(OC(F)F)c1. The van der Waals surface area contributed by atoms with Crippen molar-refractivity contribution in [2.75, 3.05) is 0 Å². The van der Waals surface area contributed by atoms with Crippen LogP contribution in [-0.4, -0.2) is 12.5 Å². The van der Waals surface area contributed by atoms with Crippen molar-refractivity contribution in [3.8, 4) is 11.8 Å². The van der Waals surface area contributed by atoms with Crippen molar-refractivity contribution in [3.05, 3.63) is 29.8 Å². The third kappa shape index (κ3) is 4.19. The zero-order valence-electron chi connectivity index (χ0n) is 11.5. The summed E-state index contributed by atoms with van der Waals surface area (Å²) < 4.78 is 28.6. The van der Waals surface area contributed by atoms with E-state index in [0.29, 0.717) is 5.56 Å². The van der Waals surface area contributed by atoms with E-state index in [0.717, 1.165) is 0 Å². The van der Waals surface area contributed by atoms with E-state index in [9.17, 15) is 13.6 Å². The Bertz CT molecular complexity index is 524. The maximum Gasteiger partial charge on any atom is 0.387 e. The lowest BCUT2D eigenvalue weighted by atomic mass is 9.94. The third-order valence-corrected chi connectivity index (χ3v) is 2.78. The number of amides is 1. The summed E-state index contributed by atoms with van der Waals surface area (Å²) in [7, 11) is 0. The van der Waals surface area contributed by atoms with E-state index in [-0.39, 0.29) is 5.75 Å². The van der Waals surface area contributed by atoms with Gasteiger partial charge < -0.3 is 10.1 Å². The van der Waals surface area contributed by atoms with Gasteiger partial charge in [0.2, 0.25) is 5.91 Å². The molecule has 1 unspecified atom stereocenters. The van der Waals surface area contributed by atoms with Crippen LogP contribution in [0, 0.1) is 16.7 Å². The van der Waals surface area contributed by atoms with E-state index < -0.39 is 24.0 Å². The second kappa shape index (κ2) is 6.33. The molecule has 1 aromatic rings. The molecule has 0 saturated carbocycles. The summed E-state index contributed by atoms with van der Waals surface area (Å²) in [5.41, 5.74) is -0.532. The number of carbonyl (C=O) groups excluding carboxylic acids is 1. The fourth-order valence-corrected chi connectivity index (χ4v) is 1.47. The number of hydrogen-bond donors (Lipinski definition) is 1. The zero-order chi connectivity index (χ0) is 15.3. The van der Waals surface area contributed by atoms with Crippen LogP contribution in [0.2, 0.25) is 0 Å². The Morgan fingerprint density at radius 3 is 2.65 bits per heavy atom. The molecule has 0 aliphatic rings. The highest BCUT2D eigenvalue weighted by Crippen LogP contribution is 2.22. The Hall–Kier alpha value is -2.16. The van der Waals surface area contributed by atoms with Gasteiger partial charge in [-0.3, -0.25) is 4.79 Å². The van der Waals surface area contributed by atoms with Crippen molar-refractivity contribution in [1.82, 2.24) is 5.32 Å². The minimum atomic E-state index is -2.90. The first-order valence-electron chi connectivity index (χ1n) is 6.03. The molecule has 6 heteroatoms. The van der Waals surface area contributed by atoms with Crippen LogP contribution in [0.25, 0.3) is 0 Å². The highest BCUT2D eigenvalue weighted by Gasteiger charge is 2.28. The highest BCUT2D eigenvalue weighted by atomic mass is 19.3. The lowest BCUT2D eigenvalue weighted by Gasteiger charge is -2.20. The molecule has 1 aromatic carbocycles. The Kier molecular flexibility index (Phi) is 5.03. The minimum Gasteiger partial charge on any atom is -0.435 e. The van der Waals surface area contributed by atoms with Gasteiger partial charge in [0, 0.05) is 0 Å². The predicted molar refractivity (Wildman–Crippen MR) is 69.0 cm³/mol. The summed E-state index contributed by atoms with van der Waals surface area (Å²) in [5.74, 6) is -0.397. The van der Waals surface area contributed by atoms with Crippen LogP contribution >= 0.6 is 0 Å². The minimum absolute atomic E-state index is 0.0261. The maximum absolute atomic E-state index is 12.1. The van der Waals surface area contributed by atoms with Gasteiger partial charge in [-0.1, -0.05) is 12.1 Å². The van der Waals surface area contributed by atoms with Crippen molar-refractivity contribution in [1.29, 1.82) is 5.26 Å². The van der Waals surface area contributed by atoms with Crippen LogP contribution < -0.4 is 10.1 Å². The summed E-state index contributed by atoms with van der Waals surface area (Å²) in [6.07, 6.45) is 0. The van der Waals surface area contributed by atoms with Gasteiger partial charge in [-0.2, -0.15) is 14.0 Å². The van der Waals surface area contributed by atoms with E-state index in [4.69, 9.17) is 5.26 Å². The van der Waals surface area contributed by atoms with Crippen LogP contribution in [0.3, 0.4) is 0 Å².